The van der Waals surface area contributed by atoms with Crippen LogP contribution in [0.25, 0.3) is 0 Å². The molecule has 10 heteroatoms. The normalized spacial score (nSPS) is 21.2. The topological polar surface area (TPSA) is 107 Å². The van der Waals surface area contributed by atoms with Crippen LogP contribution in [-0.2, 0) is 17.8 Å². The first-order valence-corrected chi connectivity index (χ1v) is 11.1. The highest BCUT2D eigenvalue weighted by Gasteiger charge is 2.45. The average Bonchev–Trinajstić information content (AvgIpc) is 3.18. The quantitative estimate of drug-likeness (QED) is 0.469. The van der Waals surface area contributed by atoms with Crippen molar-refractivity contribution in [2.45, 2.75) is 45.7 Å². The van der Waals surface area contributed by atoms with Gasteiger partial charge in [0.2, 0.25) is 0 Å². The zero-order valence-corrected chi connectivity index (χ0v) is 19.2. The standard InChI is InChI=1S/C23H26ClFN6O2/c1-14-10-19(30-29-14)27-18-6-8-26-20(28-18)12-23(22(32)33)7-9-31(15(2)11-23)13-16-4-3-5-17(24)21(16)25/h3-6,8,10,15H,7,9,11-13H2,1-2H3,(H,32,33)(H2,26,27,28,29,30)/t15-,23-/m1/s1. The molecule has 0 radical (unpaired) electrons. The summed E-state index contributed by atoms with van der Waals surface area (Å²) in [5.41, 5.74) is 0.424. The van der Waals surface area contributed by atoms with E-state index in [1.54, 1.807) is 24.4 Å². The predicted molar refractivity (Wildman–Crippen MR) is 123 cm³/mol. The molecule has 0 aliphatic carbocycles. The summed E-state index contributed by atoms with van der Waals surface area (Å²) in [4.78, 5) is 23.3. The summed E-state index contributed by atoms with van der Waals surface area (Å²) in [6.45, 7) is 4.76. The zero-order valence-electron chi connectivity index (χ0n) is 18.5. The molecule has 0 amide bonds. The van der Waals surface area contributed by atoms with Gasteiger partial charge >= 0.3 is 5.97 Å². The number of hydrogen-bond acceptors (Lipinski definition) is 6. The lowest BCUT2D eigenvalue weighted by molar-refractivity contribution is -0.153. The van der Waals surface area contributed by atoms with E-state index in [0.717, 1.165) is 5.69 Å². The maximum absolute atomic E-state index is 14.4. The molecule has 3 aromatic rings. The molecule has 4 rings (SSSR count). The number of rotatable bonds is 7. The molecule has 1 fully saturated rings. The van der Waals surface area contributed by atoms with Crippen molar-refractivity contribution in [3.63, 3.8) is 0 Å². The second-order valence-corrected chi connectivity index (χ2v) is 9.08. The van der Waals surface area contributed by atoms with Gasteiger partial charge in [0.05, 0.1) is 10.4 Å². The number of nitrogens with zero attached hydrogens (tertiary/aromatic N) is 4. The molecule has 0 saturated carbocycles. The molecule has 0 spiro atoms. The first kappa shape index (κ1) is 23.1. The van der Waals surface area contributed by atoms with Gasteiger partial charge in [0.15, 0.2) is 5.82 Å². The van der Waals surface area contributed by atoms with E-state index in [2.05, 4.69) is 30.4 Å². The maximum atomic E-state index is 14.4. The first-order valence-electron chi connectivity index (χ1n) is 10.8. The number of likely N-dealkylation sites (tertiary alicyclic amines) is 1. The number of piperidine rings is 1. The Balaban J connectivity index is 1.48. The number of aromatic amines is 1. The van der Waals surface area contributed by atoms with Crippen molar-refractivity contribution < 1.29 is 14.3 Å². The molecular formula is C23H26ClFN6O2. The average molecular weight is 473 g/mol. The summed E-state index contributed by atoms with van der Waals surface area (Å²) in [7, 11) is 0. The molecule has 1 saturated heterocycles. The minimum absolute atomic E-state index is 0.0680. The van der Waals surface area contributed by atoms with Gasteiger partial charge in [-0.3, -0.25) is 14.8 Å². The van der Waals surface area contributed by atoms with Gasteiger partial charge in [-0.2, -0.15) is 5.10 Å². The molecule has 2 atom stereocenters. The molecule has 8 nitrogen and oxygen atoms in total. The third-order valence-corrected chi connectivity index (χ3v) is 6.50. The van der Waals surface area contributed by atoms with E-state index < -0.39 is 17.2 Å². The van der Waals surface area contributed by atoms with Gasteiger partial charge in [-0.1, -0.05) is 23.7 Å². The number of aryl methyl sites for hydroxylation is 1. The predicted octanol–water partition coefficient (Wildman–Crippen LogP) is 4.34. The van der Waals surface area contributed by atoms with Crippen molar-refractivity contribution in [2.75, 3.05) is 11.9 Å². The van der Waals surface area contributed by atoms with Crippen molar-refractivity contribution in [3.8, 4) is 0 Å². The number of carboxylic acid groups (broad SMARTS) is 1. The van der Waals surface area contributed by atoms with Crippen molar-refractivity contribution in [1.29, 1.82) is 0 Å². The largest absolute Gasteiger partial charge is 0.481 e. The van der Waals surface area contributed by atoms with Crippen LogP contribution < -0.4 is 5.32 Å². The molecule has 3 N–H and O–H groups in total. The van der Waals surface area contributed by atoms with Gasteiger partial charge in [0.1, 0.15) is 17.5 Å². The van der Waals surface area contributed by atoms with E-state index in [9.17, 15) is 14.3 Å². The molecule has 33 heavy (non-hydrogen) atoms. The molecule has 0 bridgehead atoms. The lowest BCUT2D eigenvalue weighted by atomic mass is 9.72. The minimum Gasteiger partial charge on any atom is -0.481 e. The summed E-state index contributed by atoms with van der Waals surface area (Å²) in [6, 6.07) is 8.44. The molecule has 2 aromatic heterocycles. The number of halogens is 2. The minimum atomic E-state index is -0.996. The van der Waals surface area contributed by atoms with Crippen molar-refractivity contribution in [2.24, 2.45) is 5.41 Å². The van der Waals surface area contributed by atoms with E-state index >= 15 is 0 Å². The summed E-state index contributed by atoms with van der Waals surface area (Å²) in [5.74, 6) is 0.338. The number of nitrogens with one attached hydrogen (secondary N) is 2. The Morgan fingerprint density at radius 1 is 1.39 bits per heavy atom. The number of hydrogen-bond donors (Lipinski definition) is 3. The monoisotopic (exact) mass is 472 g/mol. The fourth-order valence-electron chi connectivity index (χ4n) is 4.40. The summed E-state index contributed by atoms with van der Waals surface area (Å²) < 4.78 is 14.4. The van der Waals surface area contributed by atoms with E-state index in [-0.39, 0.29) is 17.5 Å². The number of benzene rings is 1. The molecule has 174 valence electrons. The Labute approximate surface area is 196 Å². The van der Waals surface area contributed by atoms with Crippen molar-refractivity contribution >= 4 is 29.2 Å². The van der Waals surface area contributed by atoms with Crippen LogP contribution in [-0.4, -0.2) is 48.7 Å². The third-order valence-electron chi connectivity index (χ3n) is 6.21. The fourth-order valence-corrected chi connectivity index (χ4v) is 4.59. The molecular weight excluding hydrogens is 447 g/mol. The Kier molecular flexibility index (Phi) is 6.62. The lowest BCUT2D eigenvalue weighted by Gasteiger charge is -2.43. The van der Waals surface area contributed by atoms with Crippen LogP contribution in [0.5, 0.6) is 0 Å². The van der Waals surface area contributed by atoms with Gasteiger partial charge in [0, 0.05) is 42.5 Å². The van der Waals surface area contributed by atoms with E-state index in [4.69, 9.17) is 11.6 Å². The second kappa shape index (κ2) is 9.44. The maximum Gasteiger partial charge on any atom is 0.310 e. The van der Waals surface area contributed by atoms with Crippen molar-refractivity contribution in [1.82, 2.24) is 25.1 Å². The molecule has 1 aliphatic heterocycles. The summed E-state index contributed by atoms with van der Waals surface area (Å²) >= 11 is 5.91. The van der Waals surface area contributed by atoms with Gasteiger partial charge in [-0.25, -0.2) is 14.4 Å². The Bertz CT molecular complexity index is 1160. The van der Waals surface area contributed by atoms with E-state index in [1.807, 2.05) is 19.9 Å². The molecule has 3 heterocycles. The van der Waals surface area contributed by atoms with Crippen LogP contribution in [0.15, 0.2) is 36.5 Å². The number of carboxylic acids is 1. The van der Waals surface area contributed by atoms with E-state index in [1.165, 1.54) is 6.07 Å². The zero-order chi connectivity index (χ0) is 23.6. The Morgan fingerprint density at radius 2 is 2.21 bits per heavy atom. The second-order valence-electron chi connectivity index (χ2n) is 8.67. The van der Waals surface area contributed by atoms with Gasteiger partial charge < -0.3 is 10.4 Å². The highest BCUT2D eigenvalue weighted by atomic mass is 35.5. The van der Waals surface area contributed by atoms with Crippen LogP contribution in [0.1, 0.15) is 36.8 Å². The first-order chi connectivity index (χ1) is 15.8. The lowest BCUT2D eigenvalue weighted by Crippen LogP contribution is -2.50. The number of carbonyl (C=O) groups is 1. The molecule has 0 unspecified atom stereocenters. The fraction of sp³-hybridized carbons (Fsp3) is 0.391. The highest BCUT2D eigenvalue weighted by Crippen LogP contribution is 2.39. The van der Waals surface area contributed by atoms with Gasteiger partial charge in [0.25, 0.3) is 0 Å². The molecule has 1 aromatic carbocycles. The van der Waals surface area contributed by atoms with Crippen LogP contribution in [0.3, 0.4) is 0 Å². The number of anilines is 2. The number of aliphatic carboxylic acids is 1. The van der Waals surface area contributed by atoms with Crippen LogP contribution in [0.2, 0.25) is 5.02 Å². The third kappa shape index (κ3) is 5.15. The van der Waals surface area contributed by atoms with Crippen LogP contribution in [0, 0.1) is 18.2 Å². The summed E-state index contributed by atoms with van der Waals surface area (Å²) in [6.07, 6.45) is 2.64. The van der Waals surface area contributed by atoms with Gasteiger partial charge in [-0.05, 0) is 45.4 Å². The van der Waals surface area contributed by atoms with E-state index in [0.29, 0.717) is 49.0 Å². The van der Waals surface area contributed by atoms with Crippen LogP contribution >= 0.6 is 11.6 Å². The van der Waals surface area contributed by atoms with Crippen LogP contribution in [0.4, 0.5) is 16.0 Å². The molecule has 1 aliphatic rings. The Hall–Kier alpha value is -3.04. The number of aromatic nitrogens is 4. The van der Waals surface area contributed by atoms with Gasteiger partial charge in [-0.15, -0.1) is 0 Å². The Morgan fingerprint density at radius 3 is 2.91 bits per heavy atom. The SMILES string of the molecule is Cc1cc(Nc2ccnc(C[C@@]3(C(=O)O)CCN(Cc4cccc(Cl)c4F)[C@H](C)C3)n2)n[nH]1. The summed E-state index contributed by atoms with van der Waals surface area (Å²) in [5, 5.41) is 20.3. The smallest absolute Gasteiger partial charge is 0.310 e. The van der Waals surface area contributed by atoms with Crippen molar-refractivity contribution in [3.05, 3.63) is 64.5 Å². The highest BCUT2D eigenvalue weighted by molar-refractivity contribution is 6.30. The number of H-pyrrole nitrogens is 1.